The molecule has 0 saturated carbocycles. The van der Waals surface area contributed by atoms with E-state index in [1.54, 1.807) is 12.1 Å². The van der Waals surface area contributed by atoms with Crippen molar-refractivity contribution in [2.24, 2.45) is 0 Å². The van der Waals surface area contributed by atoms with E-state index in [0.717, 1.165) is 6.42 Å². The van der Waals surface area contributed by atoms with Crippen molar-refractivity contribution in [1.29, 1.82) is 0 Å². The molecule has 2 aliphatic rings. The molecule has 0 radical (unpaired) electrons. The second-order valence-corrected chi connectivity index (χ2v) is 6.04. The van der Waals surface area contributed by atoms with Crippen molar-refractivity contribution in [2.75, 3.05) is 5.33 Å². The molecule has 0 bridgehead atoms. The molecule has 2 fully saturated rings. The second kappa shape index (κ2) is 7.08. The standard InChI is InChI=1S/C16H19BrO5/c1-2-14-19-12-8-11(13(9-17)21-16(12)22-14)20-15(18)10-6-4-3-5-7-10/h3-7,11-14,16H,2,8-9H2,1H3/t11-,12-,13-,14-,16-/m1/s1. The quantitative estimate of drug-likeness (QED) is 0.602. The van der Waals surface area contributed by atoms with E-state index in [0.29, 0.717) is 17.3 Å². The van der Waals surface area contributed by atoms with Crippen LogP contribution in [0, 0.1) is 0 Å². The monoisotopic (exact) mass is 370 g/mol. The fourth-order valence-corrected chi connectivity index (χ4v) is 3.26. The number of carbonyl (C=O) groups is 1. The van der Waals surface area contributed by atoms with E-state index in [4.69, 9.17) is 18.9 Å². The maximum Gasteiger partial charge on any atom is 0.338 e. The molecular formula is C16H19BrO5. The number of halogens is 1. The summed E-state index contributed by atoms with van der Waals surface area (Å²) in [6.07, 6.45) is -0.0528. The summed E-state index contributed by atoms with van der Waals surface area (Å²) in [6.45, 7) is 2.00. The van der Waals surface area contributed by atoms with Gasteiger partial charge in [0, 0.05) is 11.8 Å². The van der Waals surface area contributed by atoms with Gasteiger partial charge in [-0.15, -0.1) is 0 Å². The van der Waals surface area contributed by atoms with Crippen molar-refractivity contribution < 1.29 is 23.7 Å². The number of alkyl halides is 1. The number of esters is 1. The maximum atomic E-state index is 12.2. The number of hydrogen-bond donors (Lipinski definition) is 0. The van der Waals surface area contributed by atoms with Gasteiger partial charge >= 0.3 is 5.97 Å². The Balaban J connectivity index is 1.66. The molecule has 3 rings (SSSR count). The lowest BCUT2D eigenvalue weighted by atomic mass is 10.0. The number of fused-ring (bicyclic) bond motifs is 1. The van der Waals surface area contributed by atoms with Crippen molar-refractivity contribution in [2.45, 2.75) is 50.7 Å². The Morgan fingerprint density at radius 3 is 2.73 bits per heavy atom. The Labute approximate surface area is 138 Å². The van der Waals surface area contributed by atoms with Gasteiger partial charge in [-0.3, -0.25) is 0 Å². The first-order chi connectivity index (χ1) is 10.7. The normalized spacial score (nSPS) is 34.2. The minimum absolute atomic E-state index is 0.186. The van der Waals surface area contributed by atoms with Crippen LogP contribution in [0.2, 0.25) is 0 Å². The van der Waals surface area contributed by atoms with Crippen LogP contribution in [0.15, 0.2) is 30.3 Å². The van der Waals surface area contributed by atoms with Crippen molar-refractivity contribution in [3.63, 3.8) is 0 Å². The third-order valence-corrected chi connectivity index (χ3v) is 4.50. The van der Waals surface area contributed by atoms with Gasteiger partial charge in [-0.25, -0.2) is 4.79 Å². The smallest absolute Gasteiger partial charge is 0.338 e. The third kappa shape index (κ3) is 3.35. The Kier molecular flexibility index (Phi) is 5.13. The Hall–Kier alpha value is -0.950. The van der Waals surface area contributed by atoms with E-state index in [9.17, 15) is 4.79 Å². The minimum Gasteiger partial charge on any atom is -0.456 e. The molecule has 0 N–H and O–H groups in total. The summed E-state index contributed by atoms with van der Waals surface area (Å²) in [5.41, 5.74) is 0.535. The largest absolute Gasteiger partial charge is 0.456 e. The van der Waals surface area contributed by atoms with Crippen molar-refractivity contribution >= 4 is 21.9 Å². The number of ether oxygens (including phenoxy) is 4. The average Bonchev–Trinajstić information content (AvgIpc) is 2.96. The molecule has 0 amide bonds. The summed E-state index contributed by atoms with van der Waals surface area (Å²) >= 11 is 3.41. The lowest BCUT2D eigenvalue weighted by molar-refractivity contribution is -0.207. The second-order valence-electron chi connectivity index (χ2n) is 5.39. The zero-order chi connectivity index (χ0) is 15.5. The van der Waals surface area contributed by atoms with Gasteiger partial charge in [-0.05, 0) is 18.6 Å². The first-order valence-corrected chi connectivity index (χ1v) is 8.61. The van der Waals surface area contributed by atoms with Crippen LogP contribution in [-0.4, -0.2) is 42.2 Å². The summed E-state index contributed by atoms with van der Waals surface area (Å²) < 4.78 is 22.9. The first-order valence-electron chi connectivity index (χ1n) is 7.49. The molecule has 2 aliphatic heterocycles. The SMILES string of the molecule is CC[C@H]1O[C@H]2O[C@H](CBr)[C@H](OC(=O)c3ccccc3)C[C@H]2O1. The third-order valence-electron chi connectivity index (χ3n) is 3.86. The van der Waals surface area contributed by atoms with E-state index >= 15 is 0 Å². The van der Waals surface area contributed by atoms with E-state index in [1.165, 1.54) is 0 Å². The summed E-state index contributed by atoms with van der Waals surface area (Å²) in [4.78, 5) is 12.2. The fourth-order valence-electron chi connectivity index (χ4n) is 2.69. The first kappa shape index (κ1) is 15.9. The summed E-state index contributed by atoms with van der Waals surface area (Å²) in [5, 5.41) is 0.573. The van der Waals surface area contributed by atoms with E-state index in [2.05, 4.69) is 15.9 Å². The molecule has 2 heterocycles. The highest BCUT2D eigenvalue weighted by Gasteiger charge is 2.46. The van der Waals surface area contributed by atoms with Gasteiger partial charge in [-0.2, -0.15) is 0 Å². The highest BCUT2D eigenvalue weighted by Crippen LogP contribution is 2.33. The number of benzene rings is 1. The predicted molar refractivity (Wildman–Crippen MR) is 82.8 cm³/mol. The van der Waals surface area contributed by atoms with Gasteiger partial charge in [0.2, 0.25) is 0 Å². The van der Waals surface area contributed by atoms with Crippen LogP contribution >= 0.6 is 15.9 Å². The minimum atomic E-state index is -0.376. The summed E-state index contributed by atoms with van der Waals surface area (Å²) in [5.74, 6) is -0.343. The fraction of sp³-hybridized carbons (Fsp3) is 0.562. The molecule has 0 aromatic heterocycles. The van der Waals surface area contributed by atoms with Crippen LogP contribution in [-0.2, 0) is 18.9 Å². The van der Waals surface area contributed by atoms with Crippen molar-refractivity contribution in [3.8, 4) is 0 Å². The molecule has 0 unspecified atom stereocenters. The predicted octanol–water partition coefficient (Wildman–Crippen LogP) is 2.87. The van der Waals surface area contributed by atoms with Gasteiger partial charge in [-0.1, -0.05) is 41.1 Å². The number of carbonyl (C=O) groups excluding carboxylic acids is 1. The number of rotatable bonds is 4. The molecule has 0 spiro atoms. The highest BCUT2D eigenvalue weighted by molar-refractivity contribution is 9.09. The van der Waals surface area contributed by atoms with Crippen LogP contribution in [0.5, 0.6) is 0 Å². The van der Waals surface area contributed by atoms with Gasteiger partial charge in [0.25, 0.3) is 0 Å². The summed E-state index contributed by atoms with van der Waals surface area (Å²) in [7, 11) is 0. The van der Waals surface area contributed by atoms with Gasteiger partial charge < -0.3 is 18.9 Å². The Morgan fingerprint density at radius 2 is 2.05 bits per heavy atom. The maximum absolute atomic E-state index is 12.2. The van der Waals surface area contributed by atoms with Crippen LogP contribution in [0.1, 0.15) is 30.1 Å². The van der Waals surface area contributed by atoms with Crippen molar-refractivity contribution in [1.82, 2.24) is 0 Å². The van der Waals surface area contributed by atoms with E-state index in [1.807, 2.05) is 25.1 Å². The molecule has 0 aliphatic carbocycles. The molecule has 120 valence electrons. The summed E-state index contributed by atoms with van der Waals surface area (Å²) in [6, 6.07) is 8.96. The van der Waals surface area contributed by atoms with E-state index < -0.39 is 0 Å². The van der Waals surface area contributed by atoms with Gasteiger partial charge in [0.1, 0.15) is 18.3 Å². The molecule has 1 aromatic carbocycles. The van der Waals surface area contributed by atoms with Crippen LogP contribution in [0.25, 0.3) is 0 Å². The highest BCUT2D eigenvalue weighted by atomic mass is 79.9. The molecule has 1 aromatic rings. The zero-order valence-electron chi connectivity index (χ0n) is 12.3. The molecular weight excluding hydrogens is 352 g/mol. The number of hydrogen-bond acceptors (Lipinski definition) is 5. The zero-order valence-corrected chi connectivity index (χ0v) is 13.9. The molecule has 22 heavy (non-hydrogen) atoms. The van der Waals surface area contributed by atoms with E-state index in [-0.39, 0.29) is 36.9 Å². The Bertz CT molecular complexity index is 509. The topological polar surface area (TPSA) is 54.0 Å². The van der Waals surface area contributed by atoms with Gasteiger partial charge in [0.15, 0.2) is 12.6 Å². The molecule has 6 heteroatoms. The van der Waals surface area contributed by atoms with Crippen molar-refractivity contribution in [3.05, 3.63) is 35.9 Å². The lowest BCUT2D eigenvalue weighted by Gasteiger charge is -2.35. The molecule has 5 atom stereocenters. The molecule has 5 nitrogen and oxygen atoms in total. The van der Waals surface area contributed by atoms with Crippen LogP contribution in [0.4, 0.5) is 0 Å². The molecule has 2 saturated heterocycles. The van der Waals surface area contributed by atoms with Crippen LogP contribution < -0.4 is 0 Å². The average molecular weight is 371 g/mol. The lowest BCUT2D eigenvalue weighted by Crippen LogP contribution is -2.48. The van der Waals surface area contributed by atoms with Gasteiger partial charge in [0.05, 0.1) is 5.56 Å². The van der Waals surface area contributed by atoms with Crippen LogP contribution in [0.3, 0.4) is 0 Å². The Morgan fingerprint density at radius 1 is 1.27 bits per heavy atom.